The third-order valence-corrected chi connectivity index (χ3v) is 4.21. The van der Waals surface area contributed by atoms with Crippen molar-refractivity contribution in [3.8, 4) is 0 Å². The normalized spacial score (nSPS) is 10.9. The molecule has 0 unspecified atom stereocenters. The van der Waals surface area contributed by atoms with Crippen LogP contribution in [0.25, 0.3) is 0 Å². The second-order valence-electron chi connectivity index (χ2n) is 7.02. The van der Waals surface area contributed by atoms with Crippen LogP contribution in [0, 0.1) is 10.8 Å². The smallest absolute Gasteiger partial charge is 0.220 e. The molecule has 1 N–H and O–H groups in total. The van der Waals surface area contributed by atoms with Gasteiger partial charge in [0, 0.05) is 13.0 Å². The Bertz CT molecular complexity index is 281. The van der Waals surface area contributed by atoms with Crippen molar-refractivity contribution in [2.24, 2.45) is 11.1 Å². The first-order valence-corrected chi connectivity index (χ1v) is 9.72. The van der Waals surface area contributed by atoms with Crippen molar-refractivity contribution in [3.05, 3.63) is 4.91 Å². The van der Waals surface area contributed by atoms with E-state index >= 15 is 0 Å². The minimum Gasteiger partial charge on any atom is -0.354 e. The van der Waals surface area contributed by atoms with E-state index in [0.29, 0.717) is 13.0 Å². The van der Waals surface area contributed by atoms with Gasteiger partial charge in [-0.15, -0.1) is 0 Å². The zero-order valence-corrected chi connectivity index (χ0v) is 15.4. The summed E-state index contributed by atoms with van der Waals surface area (Å²) in [6.45, 7) is 5.15. The van der Waals surface area contributed by atoms with Crippen LogP contribution in [0.2, 0.25) is 0 Å². The number of rotatable bonds is 17. The van der Waals surface area contributed by atoms with Gasteiger partial charge in [-0.3, -0.25) is 4.79 Å². The number of hydrogen-bond acceptors (Lipinski definition) is 3. The van der Waals surface area contributed by atoms with Gasteiger partial charge < -0.3 is 5.32 Å². The Morgan fingerprint density at radius 2 is 1.30 bits per heavy atom. The van der Waals surface area contributed by atoms with Gasteiger partial charge in [-0.05, 0) is 12.3 Å². The van der Waals surface area contributed by atoms with Gasteiger partial charge in [0.15, 0.2) is 0 Å². The maximum Gasteiger partial charge on any atom is 0.220 e. The first kappa shape index (κ1) is 22.1. The molecule has 136 valence electrons. The molecule has 0 radical (unpaired) electrons. The summed E-state index contributed by atoms with van der Waals surface area (Å²) in [4.78, 5) is 21.3. The predicted molar refractivity (Wildman–Crippen MR) is 98.5 cm³/mol. The molecule has 0 aromatic rings. The topological polar surface area (TPSA) is 58.5 Å². The molecular weight excluding hydrogens is 288 g/mol. The second kappa shape index (κ2) is 17.4. The number of hydrogen-bond donors (Lipinski definition) is 1. The molecule has 0 aromatic carbocycles. The lowest BCUT2D eigenvalue weighted by molar-refractivity contribution is -0.121. The van der Waals surface area contributed by atoms with Crippen molar-refractivity contribution in [1.29, 1.82) is 0 Å². The van der Waals surface area contributed by atoms with Crippen LogP contribution < -0.4 is 5.32 Å². The van der Waals surface area contributed by atoms with E-state index in [0.717, 1.165) is 18.8 Å². The van der Waals surface area contributed by atoms with E-state index in [-0.39, 0.29) is 12.5 Å². The van der Waals surface area contributed by atoms with Gasteiger partial charge in [0.05, 0.1) is 6.54 Å². The lowest BCUT2D eigenvalue weighted by Gasteiger charge is -2.05. The SMILES string of the molecule is CC(C)CCCCCCCCCCCCCC(=O)NCCN=O. The fourth-order valence-corrected chi connectivity index (χ4v) is 2.76. The Morgan fingerprint density at radius 1 is 0.826 bits per heavy atom. The molecule has 0 rings (SSSR count). The summed E-state index contributed by atoms with van der Waals surface area (Å²) in [5.74, 6) is 0.903. The Balaban J connectivity index is 3.10. The maximum absolute atomic E-state index is 11.4. The number of carbonyl (C=O) groups is 1. The average molecular weight is 327 g/mol. The number of nitroso groups, excluding NO2 is 1. The minimum atomic E-state index is 0.0473. The van der Waals surface area contributed by atoms with Gasteiger partial charge in [0.25, 0.3) is 0 Å². The fraction of sp³-hybridized carbons (Fsp3) is 0.947. The molecule has 4 heteroatoms. The molecule has 0 atom stereocenters. The van der Waals surface area contributed by atoms with Crippen LogP contribution in [0.4, 0.5) is 0 Å². The summed E-state index contributed by atoms with van der Waals surface area (Å²) >= 11 is 0. The van der Waals surface area contributed by atoms with Crippen LogP contribution in [0.5, 0.6) is 0 Å². The zero-order chi connectivity index (χ0) is 17.2. The Morgan fingerprint density at radius 3 is 1.78 bits per heavy atom. The first-order valence-electron chi connectivity index (χ1n) is 9.72. The van der Waals surface area contributed by atoms with Crippen LogP contribution in [0.3, 0.4) is 0 Å². The number of unbranched alkanes of at least 4 members (excludes halogenated alkanes) is 10. The second-order valence-corrected chi connectivity index (χ2v) is 7.02. The molecule has 0 fully saturated rings. The molecule has 0 aliphatic carbocycles. The monoisotopic (exact) mass is 326 g/mol. The molecule has 23 heavy (non-hydrogen) atoms. The van der Waals surface area contributed by atoms with Crippen molar-refractivity contribution in [1.82, 2.24) is 5.32 Å². The van der Waals surface area contributed by atoms with E-state index in [1.54, 1.807) is 0 Å². The lowest BCUT2D eigenvalue weighted by Crippen LogP contribution is -2.25. The Labute approximate surface area is 143 Å². The van der Waals surface area contributed by atoms with E-state index in [9.17, 15) is 9.70 Å². The van der Waals surface area contributed by atoms with E-state index in [1.807, 2.05) is 0 Å². The van der Waals surface area contributed by atoms with E-state index < -0.39 is 0 Å². The van der Waals surface area contributed by atoms with E-state index in [2.05, 4.69) is 24.3 Å². The molecule has 0 saturated heterocycles. The van der Waals surface area contributed by atoms with Gasteiger partial charge in [-0.1, -0.05) is 89.7 Å². The molecule has 0 spiro atoms. The van der Waals surface area contributed by atoms with Crippen LogP contribution in [0.1, 0.15) is 97.3 Å². The molecule has 0 bridgehead atoms. The lowest BCUT2D eigenvalue weighted by atomic mass is 10.0. The van der Waals surface area contributed by atoms with E-state index in [4.69, 9.17) is 0 Å². The maximum atomic E-state index is 11.4. The molecule has 0 aliphatic rings. The Kier molecular flexibility index (Phi) is 16.7. The van der Waals surface area contributed by atoms with Gasteiger partial charge in [0.1, 0.15) is 0 Å². The van der Waals surface area contributed by atoms with Crippen LogP contribution in [-0.4, -0.2) is 19.0 Å². The quantitative estimate of drug-likeness (QED) is 0.279. The van der Waals surface area contributed by atoms with Crippen LogP contribution >= 0.6 is 0 Å². The van der Waals surface area contributed by atoms with Gasteiger partial charge >= 0.3 is 0 Å². The summed E-state index contributed by atoms with van der Waals surface area (Å²) in [5, 5.41) is 5.41. The van der Waals surface area contributed by atoms with Crippen molar-refractivity contribution < 1.29 is 4.79 Å². The number of nitrogens with one attached hydrogen (secondary N) is 1. The average Bonchev–Trinajstić information content (AvgIpc) is 2.51. The third-order valence-electron chi connectivity index (χ3n) is 4.21. The summed E-state index contributed by atoms with van der Waals surface area (Å²) < 4.78 is 0. The number of nitrogens with zero attached hydrogens (tertiary/aromatic N) is 1. The summed E-state index contributed by atoms with van der Waals surface area (Å²) in [7, 11) is 0. The molecule has 0 aliphatic heterocycles. The fourth-order valence-electron chi connectivity index (χ4n) is 2.76. The van der Waals surface area contributed by atoms with Gasteiger partial charge in [-0.25, -0.2) is 0 Å². The van der Waals surface area contributed by atoms with Crippen molar-refractivity contribution in [2.45, 2.75) is 97.3 Å². The Hall–Kier alpha value is -0.930. The minimum absolute atomic E-state index is 0.0473. The molecule has 0 aromatic heterocycles. The molecular formula is C19H38N2O2. The number of carbonyl (C=O) groups excluding carboxylic acids is 1. The summed E-state index contributed by atoms with van der Waals surface area (Å²) in [6, 6.07) is 0. The van der Waals surface area contributed by atoms with Crippen LogP contribution in [0.15, 0.2) is 5.18 Å². The number of amides is 1. The largest absolute Gasteiger partial charge is 0.354 e. The molecule has 1 amide bonds. The molecule has 0 heterocycles. The summed E-state index contributed by atoms with van der Waals surface area (Å²) in [6.07, 6.45) is 16.3. The highest BCUT2D eigenvalue weighted by Gasteiger charge is 2.00. The van der Waals surface area contributed by atoms with Crippen molar-refractivity contribution in [3.63, 3.8) is 0 Å². The van der Waals surface area contributed by atoms with Gasteiger partial charge in [-0.2, -0.15) is 4.91 Å². The van der Waals surface area contributed by atoms with Crippen molar-refractivity contribution >= 4 is 5.91 Å². The van der Waals surface area contributed by atoms with E-state index in [1.165, 1.54) is 64.2 Å². The molecule has 0 saturated carbocycles. The molecule has 4 nitrogen and oxygen atoms in total. The highest BCUT2D eigenvalue weighted by molar-refractivity contribution is 5.75. The van der Waals surface area contributed by atoms with Gasteiger partial charge in [0.2, 0.25) is 5.91 Å². The highest BCUT2D eigenvalue weighted by Crippen LogP contribution is 2.14. The highest BCUT2D eigenvalue weighted by atomic mass is 16.3. The standard InChI is InChI=1S/C19H38N2O2/c1-18(2)14-12-10-8-6-4-3-5-7-9-11-13-15-19(22)20-16-17-21-23/h18H,3-17H2,1-2H3,(H,20,22). The van der Waals surface area contributed by atoms with Crippen LogP contribution in [-0.2, 0) is 4.79 Å². The third kappa shape index (κ3) is 19.0. The zero-order valence-electron chi connectivity index (χ0n) is 15.4. The first-order chi connectivity index (χ1) is 11.2. The summed E-state index contributed by atoms with van der Waals surface area (Å²) in [5.41, 5.74) is 0. The predicted octanol–water partition coefficient (Wildman–Crippen LogP) is 5.60. The van der Waals surface area contributed by atoms with Crippen molar-refractivity contribution in [2.75, 3.05) is 13.1 Å².